The summed E-state index contributed by atoms with van der Waals surface area (Å²) in [7, 11) is 0. The summed E-state index contributed by atoms with van der Waals surface area (Å²) in [5, 5.41) is 9.39. The van der Waals surface area contributed by atoms with Crippen molar-refractivity contribution in [2.24, 2.45) is 0 Å². The van der Waals surface area contributed by atoms with Crippen LogP contribution in [0.1, 0.15) is 111 Å². The van der Waals surface area contributed by atoms with E-state index in [0.29, 0.717) is 5.57 Å². The lowest BCUT2D eigenvalue weighted by Crippen LogP contribution is -2.27. The number of rotatable bonds is 17. The summed E-state index contributed by atoms with van der Waals surface area (Å²) in [6.07, 6.45) is 16.2. The Balaban J connectivity index is 4.49. The summed E-state index contributed by atoms with van der Waals surface area (Å²) in [5.74, 6) is -0.771. The molecule has 0 radical (unpaired) electrons. The summed E-state index contributed by atoms with van der Waals surface area (Å²) in [4.78, 5) is 13.8. The number of carboxylic acids is 1. The molecule has 0 aliphatic carbocycles. The van der Waals surface area contributed by atoms with E-state index in [-0.39, 0.29) is 0 Å². The van der Waals surface area contributed by atoms with Crippen LogP contribution in [0.2, 0.25) is 0 Å². The lowest BCUT2D eigenvalue weighted by molar-refractivity contribution is -0.132. The van der Waals surface area contributed by atoms with Gasteiger partial charge in [-0.1, -0.05) is 85.0 Å². The molecule has 0 unspecified atom stereocenters. The molecule has 148 valence electrons. The van der Waals surface area contributed by atoms with Gasteiger partial charge in [0.05, 0.1) is 5.57 Å². The number of allylic oxidation sites excluding steroid dienone is 1. The zero-order valence-electron chi connectivity index (χ0n) is 17.4. The standard InChI is InChI=1S/C22H43NO2/c1-5-8-10-12-14-16-18-23(19-17-15-13-11-9-6-2)21(7-3)20(4)22(24)25/h5-19H2,1-4H3,(H,24,25)/b21-20+. The van der Waals surface area contributed by atoms with Crippen molar-refractivity contribution in [2.75, 3.05) is 13.1 Å². The van der Waals surface area contributed by atoms with Gasteiger partial charge < -0.3 is 10.0 Å². The predicted molar refractivity (Wildman–Crippen MR) is 109 cm³/mol. The molecule has 0 amide bonds. The Morgan fingerprint density at radius 2 is 1.12 bits per heavy atom. The fraction of sp³-hybridized carbons (Fsp3) is 0.864. The minimum atomic E-state index is -0.771. The second-order valence-corrected chi connectivity index (χ2v) is 7.25. The topological polar surface area (TPSA) is 40.5 Å². The third-order valence-electron chi connectivity index (χ3n) is 5.03. The van der Waals surface area contributed by atoms with E-state index in [0.717, 1.165) is 25.2 Å². The summed E-state index contributed by atoms with van der Waals surface area (Å²) < 4.78 is 0. The number of carboxylic acid groups (broad SMARTS) is 1. The van der Waals surface area contributed by atoms with E-state index in [1.165, 1.54) is 77.0 Å². The van der Waals surface area contributed by atoms with Crippen molar-refractivity contribution in [1.29, 1.82) is 0 Å². The monoisotopic (exact) mass is 353 g/mol. The number of aliphatic carboxylic acids is 1. The molecule has 3 heteroatoms. The fourth-order valence-electron chi connectivity index (χ4n) is 3.40. The Kier molecular flexibility index (Phi) is 15.8. The molecule has 0 bridgehead atoms. The van der Waals surface area contributed by atoms with Gasteiger partial charge in [0.1, 0.15) is 0 Å². The maximum atomic E-state index is 11.4. The van der Waals surface area contributed by atoms with E-state index in [9.17, 15) is 9.90 Å². The average molecular weight is 354 g/mol. The quantitative estimate of drug-likeness (QED) is 0.231. The molecule has 0 aliphatic rings. The molecule has 3 nitrogen and oxygen atoms in total. The van der Waals surface area contributed by atoms with Crippen molar-refractivity contribution in [3.05, 3.63) is 11.3 Å². The Hall–Kier alpha value is -0.990. The number of hydrogen-bond acceptors (Lipinski definition) is 2. The predicted octanol–water partition coefficient (Wildman–Crippen LogP) is 6.78. The van der Waals surface area contributed by atoms with Crippen LogP contribution < -0.4 is 0 Å². The maximum absolute atomic E-state index is 11.4. The highest BCUT2D eigenvalue weighted by molar-refractivity contribution is 5.86. The number of unbranched alkanes of at least 4 members (excludes halogenated alkanes) is 10. The van der Waals surface area contributed by atoms with Crippen molar-refractivity contribution in [3.63, 3.8) is 0 Å². The number of hydrogen-bond donors (Lipinski definition) is 1. The molecule has 0 saturated carbocycles. The lowest BCUT2D eigenvalue weighted by atomic mass is 10.1. The van der Waals surface area contributed by atoms with E-state index < -0.39 is 5.97 Å². The highest BCUT2D eigenvalue weighted by Gasteiger charge is 2.14. The third kappa shape index (κ3) is 12.1. The summed E-state index contributed by atoms with van der Waals surface area (Å²) in [6, 6.07) is 0. The lowest BCUT2D eigenvalue weighted by Gasteiger charge is -2.28. The Morgan fingerprint density at radius 3 is 1.48 bits per heavy atom. The molecule has 0 aromatic heterocycles. The molecule has 25 heavy (non-hydrogen) atoms. The van der Waals surface area contributed by atoms with Gasteiger partial charge >= 0.3 is 5.97 Å². The van der Waals surface area contributed by atoms with Gasteiger partial charge in [0.15, 0.2) is 0 Å². The van der Waals surface area contributed by atoms with E-state index in [1.54, 1.807) is 6.92 Å². The maximum Gasteiger partial charge on any atom is 0.333 e. The Morgan fingerprint density at radius 1 is 0.720 bits per heavy atom. The van der Waals surface area contributed by atoms with Gasteiger partial charge in [0.2, 0.25) is 0 Å². The highest BCUT2D eigenvalue weighted by atomic mass is 16.4. The van der Waals surface area contributed by atoms with E-state index in [2.05, 4.69) is 25.7 Å². The van der Waals surface area contributed by atoms with E-state index in [1.807, 2.05) is 0 Å². The van der Waals surface area contributed by atoms with Gasteiger partial charge in [-0.3, -0.25) is 0 Å². The molecular formula is C22H43NO2. The summed E-state index contributed by atoms with van der Waals surface area (Å²) in [6.45, 7) is 10.3. The molecule has 1 N–H and O–H groups in total. The van der Waals surface area contributed by atoms with Gasteiger partial charge in [0.25, 0.3) is 0 Å². The Labute approximate surface area is 156 Å². The van der Waals surface area contributed by atoms with Crippen molar-refractivity contribution in [2.45, 2.75) is 111 Å². The van der Waals surface area contributed by atoms with E-state index in [4.69, 9.17) is 0 Å². The zero-order chi connectivity index (χ0) is 18.9. The SMILES string of the molecule is CCCCCCCCN(CCCCCCCC)/C(CC)=C(\C)C(=O)O. The van der Waals surface area contributed by atoms with Gasteiger partial charge in [-0.15, -0.1) is 0 Å². The van der Waals surface area contributed by atoms with Crippen molar-refractivity contribution in [1.82, 2.24) is 4.90 Å². The second kappa shape index (κ2) is 16.5. The first-order valence-electron chi connectivity index (χ1n) is 10.8. The minimum Gasteiger partial charge on any atom is -0.478 e. The molecule has 0 aromatic rings. The molecule has 0 atom stereocenters. The van der Waals surface area contributed by atoms with Gasteiger partial charge in [-0.05, 0) is 26.2 Å². The molecule has 0 rings (SSSR count). The molecule has 0 saturated heterocycles. The van der Waals surface area contributed by atoms with Gasteiger partial charge in [0, 0.05) is 18.8 Å². The van der Waals surface area contributed by atoms with Crippen molar-refractivity contribution < 1.29 is 9.90 Å². The van der Waals surface area contributed by atoms with Crippen LogP contribution in [0.15, 0.2) is 11.3 Å². The molecule has 0 fully saturated rings. The summed E-state index contributed by atoms with van der Waals surface area (Å²) >= 11 is 0. The number of nitrogens with zero attached hydrogens (tertiary/aromatic N) is 1. The first kappa shape index (κ1) is 24.0. The minimum absolute atomic E-state index is 0.527. The largest absolute Gasteiger partial charge is 0.478 e. The first-order chi connectivity index (χ1) is 12.1. The molecular weight excluding hydrogens is 310 g/mol. The average Bonchev–Trinajstić information content (AvgIpc) is 2.60. The first-order valence-corrected chi connectivity index (χ1v) is 10.8. The third-order valence-corrected chi connectivity index (χ3v) is 5.03. The van der Waals surface area contributed by atoms with Crippen LogP contribution in [-0.4, -0.2) is 29.1 Å². The second-order valence-electron chi connectivity index (χ2n) is 7.25. The van der Waals surface area contributed by atoms with Crippen LogP contribution in [-0.2, 0) is 4.79 Å². The molecule has 0 aromatic carbocycles. The van der Waals surface area contributed by atoms with Crippen LogP contribution >= 0.6 is 0 Å². The zero-order valence-corrected chi connectivity index (χ0v) is 17.4. The highest BCUT2D eigenvalue weighted by Crippen LogP contribution is 2.18. The van der Waals surface area contributed by atoms with Crippen LogP contribution in [0.5, 0.6) is 0 Å². The van der Waals surface area contributed by atoms with Crippen molar-refractivity contribution >= 4 is 5.97 Å². The Bertz CT molecular complexity index is 347. The normalized spacial score (nSPS) is 12.2. The van der Waals surface area contributed by atoms with Crippen LogP contribution in [0.4, 0.5) is 0 Å². The van der Waals surface area contributed by atoms with Crippen LogP contribution in [0.25, 0.3) is 0 Å². The van der Waals surface area contributed by atoms with Gasteiger partial charge in [-0.2, -0.15) is 0 Å². The van der Waals surface area contributed by atoms with Crippen molar-refractivity contribution in [3.8, 4) is 0 Å². The summed E-state index contributed by atoms with van der Waals surface area (Å²) in [5.41, 5.74) is 1.56. The molecule has 0 heterocycles. The van der Waals surface area contributed by atoms with E-state index >= 15 is 0 Å². The number of carbonyl (C=O) groups is 1. The van der Waals surface area contributed by atoms with Crippen LogP contribution in [0, 0.1) is 0 Å². The van der Waals surface area contributed by atoms with Gasteiger partial charge in [-0.25, -0.2) is 4.79 Å². The molecule has 0 spiro atoms. The van der Waals surface area contributed by atoms with Crippen LogP contribution in [0.3, 0.4) is 0 Å². The molecule has 0 aliphatic heterocycles. The smallest absolute Gasteiger partial charge is 0.333 e. The fourth-order valence-corrected chi connectivity index (χ4v) is 3.40.